The molecule has 1 heterocycles. The molecule has 1 fully saturated rings. The van der Waals surface area contributed by atoms with E-state index in [-0.39, 0.29) is 5.78 Å². The quantitative estimate of drug-likeness (QED) is 0.357. The first-order valence-corrected chi connectivity index (χ1v) is 13.4. The fourth-order valence-electron chi connectivity index (χ4n) is 4.22. The lowest BCUT2D eigenvalue weighted by atomic mass is 9.92. The standard InChI is InChI=1S/C27H41N5O2.C3H4/c1-22(20-34-26-13-11-24(12-14-26)23(2)33)32-16-6-10-27(29-21-28-15-7-17-32)31(4)19-18-30(3)25-8-5-9-25;1-3-2/h11-14,21,25H,1,5-10,15-20H2,2-4H3;1H,2H3. The van der Waals surface area contributed by atoms with Crippen molar-refractivity contribution in [2.24, 2.45) is 9.98 Å². The molecule has 0 amide bonds. The summed E-state index contributed by atoms with van der Waals surface area (Å²) >= 11 is 0. The summed E-state index contributed by atoms with van der Waals surface area (Å²) < 4.78 is 5.94. The summed E-state index contributed by atoms with van der Waals surface area (Å²) in [4.78, 5) is 27.7. The predicted molar refractivity (Wildman–Crippen MR) is 155 cm³/mol. The van der Waals surface area contributed by atoms with Gasteiger partial charge in [-0.3, -0.25) is 9.79 Å². The fraction of sp³-hybridized carbons (Fsp3) is 0.567. The average molecular weight is 508 g/mol. The third kappa shape index (κ3) is 10.8. The number of hydrogen-bond acceptors (Lipinski definition) is 7. The minimum absolute atomic E-state index is 0.0566. The number of carbonyl (C=O) groups excluding carboxylic acids is 1. The Bertz CT molecular complexity index is 944. The van der Waals surface area contributed by atoms with E-state index in [9.17, 15) is 4.79 Å². The Kier molecular flexibility index (Phi) is 13.5. The first-order chi connectivity index (χ1) is 17.8. The van der Waals surface area contributed by atoms with E-state index in [1.54, 1.807) is 32.3 Å². The highest BCUT2D eigenvalue weighted by Crippen LogP contribution is 2.23. The fourth-order valence-corrected chi connectivity index (χ4v) is 4.22. The minimum atomic E-state index is 0.0566. The van der Waals surface area contributed by atoms with Gasteiger partial charge < -0.3 is 19.4 Å². The SMILES string of the molecule is C#CC.C=C(COc1ccc(C(C)=O)cc1)N1CCCN=CN=C(N(C)CCN(C)C2CCC2)CCC1. The van der Waals surface area contributed by atoms with Crippen LogP contribution in [-0.2, 0) is 0 Å². The number of terminal acetylenes is 1. The normalized spacial score (nSPS) is 16.3. The molecule has 7 nitrogen and oxygen atoms in total. The highest BCUT2D eigenvalue weighted by molar-refractivity contribution is 5.94. The van der Waals surface area contributed by atoms with E-state index < -0.39 is 0 Å². The number of benzene rings is 1. The summed E-state index contributed by atoms with van der Waals surface area (Å²) in [5.74, 6) is 4.15. The number of nitrogens with zero attached hydrogens (tertiary/aromatic N) is 5. The topological polar surface area (TPSA) is 60.7 Å². The van der Waals surface area contributed by atoms with E-state index in [1.165, 1.54) is 19.3 Å². The van der Waals surface area contributed by atoms with Crippen LogP contribution in [0.3, 0.4) is 0 Å². The van der Waals surface area contributed by atoms with Gasteiger partial charge in [0.25, 0.3) is 0 Å². The summed E-state index contributed by atoms with van der Waals surface area (Å²) in [6, 6.07) is 8.04. The smallest absolute Gasteiger partial charge is 0.159 e. The minimum Gasteiger partial charge on any atom is -0.487 e. The second-order valence-electron chi connectivity index (χ2n) is 9.72. The third-order valence-electron chi connectivity index (χ3n) is 6.87. The molecule has 1 aliphatic carbocycles. The van der Waals surface area contributed by atoms with Gasteiger partial charge in [0.1, 0.15) is 24.5 Å². The highest BCUT2D eigenvalue weighted by atomic mass is 16.5. The molecule has 1 aromatic rings. The van der Waals surface area contributed by atoms with Crippen LogP contribution in [0.5, 0.6) is 5.75 Å². The van der Waals surface area contributed by atoms with Gasteiger partial charge in [0.2, 0.25) is 0 Å². The number of ether oxygens (including phenoxy) is 1. The lowest BCUT2D eigenvalue weighted by molar-refractivity contribution is 0.101. The summed E-state index contributed by atoms with van der Waals surface area (Å²) in [5.41, 5.74) is 1.66. The van der Waals surface area contributed by atoms with Gasteiger partial charge >= 0.3 is 0 Å². The summed E-state index contributed by atoms with van der Waals surface area (Å²) in [5, 5.41) is 0. The van der Waals surface area contributed by atoms with Crippen molar-refractivity contribution in [2.45, 2.75) is 58.4 Å². The molecular weight excluding hydrogens is 462 g/mol. The van der Waals surface area contributed by atoms with Crippen LogP contribution < -0.4 is 4.74 Å². The van der Waals surface area contributed by atoms with Crippen molar-refractivity contribution >= 4 is 18.0 Å². The number of aliphatic imine (C=N–C) groups is 2. The molecule has 1 aromatic carbocycles. The van der Waals surface area contributed by atoms with E-state index >= 15 is 0 Å². The molecular formula is C30H45N5O2. The highest BCUT2D eigenvalue weighted by Gasteiger charge is 2.22. The molecule has 0 aromatic heterocycles. The number of ketones is 1. The summed E-state index contributed by atoms with van der Waals surface area (Å²) in [6.07, 6.45) is 13.2. The lowest BCUT2D eigenvalue weighted by Crippen LogP contribution is -2.42. The molecule has 0 radical (unpaired) electrons. The maximum atomic E-state index is 11.5. The van der Waals surface area contributed by atoms with Crippen LogP contribution in [-0.4, -0.2) is 92.1 Å². The Morgan fingerprint density at radius 1 is 1.16 bits per heavy atom. The zero-order valence-electron chi connectivity index (χ0n) is 23.3. The number of likely N-dealkylation sites (N-methyl/N-ethyl adjacent to an activating group) is 2. The zero-order chi connectivity index (χ0) is 27.0. The van der Waals surface area contributed by atoms with Crippen molar-refractivity contribution in [3.8, 4) is 18.1 Å². The molecule has 0 saturated heterocycles. The summed E-state index contributed by atoms with van der Waals surface area (Å²) in [7, 11) is 4.38. The van der Waals surface area contributed by atoms with Gasteiger partial charge in [-0.15, -0.1) is 12.3 Å². The Morgan fingerprint density at radius 2 is 1.84 bits per heavy atom. The Morgan fingerprint density at radius 3 is 2.46 bits per heavy atom. The molecule has 0 spiro atoms. The molecule has 2 aliphatic rings. The molecule has 0 unspecified atom stereocenters. The van der Waals surface area contributed by atoms with Crippen molar-refractivity contribution in [1.29, 1.82) is 0 Å². The monoisotopic (exact) mass is 507 g/mol. The van der Waals surface area contributed by atoms with Crippen LogP contribution in [0.1, 0.15) is 62.7 Å². The van der Waals surface area contributed by atoms with Gasteiger partial charge in [-0.05, 0) is 70.8 Å². The van der Waals surface area contributed by atoms with Crippen LogP contribution >= 0.6 is 0 Å². The number of carbonyl (C=O) groups is 1. The molecule has 37 heavy (non-hydrogen) atoms. The van der Waals surface area contributed by atoms with Gasteiger partial charge in [-0.2, -0.15) is 0 Å². The average Bonchev–Trinajstić information content (AvgIpc) is 2.90. The second-order valence-corrected chi connectivity index (χ2v) is 9.72. The zero-order valence-corrected chi connectivity index (χ0v) is 23.3. The van der Waals surface area contributed by atoms with Crippen LogP contribution in [0, 0.1) is 12.3 Å². The van der Waals surface area contributed by atoms with E-state index in [1.807, 2.05) is 12.1 Å². The molecule has 202 valence electrons. The first-order valence-electron chi connectivity index (χ1n) is 13.4. The molecule has 0 atom stereocenters. The van der Waals surface area contributed by atoms with Gasteiger partial charge in [-0.25, -0.2) is 4.99 Å². The lowest BCUT2D eigenvalue weighted by Gasteiger charge is -2.36. The number of hydrogen-bond donors (Lipinski definition) is 0. The number of amidine groups is 1. The molecule has 7 heteroatoms. The number of rotatable bonds is 9. The van der Waals surface area contributed by atoms with E-state index in [0.717, 1.165) is 75.3 Å². The Balaban J connectivity index is 0.00000153. The van der Waals surface area contributed by atoms with Crippen LogP contribution in [0.4, 0.5) is 0 Å². The van der Waals surface area contributed by atoms with Crippen LogP contribution in [0.15, 0.2) is 46.5 Å². The molecule has 0 N–H and O–H groups in total. The van der Waals surface area contributed by atoms with Gasteiger partial charge in [0.15, 0.2) is 5.78 Å². The Hall–Kier alpha value is -3.11. The van der Waals surface area contributed by atoms with E-state index in [0.29, 0.717) is 12.2 Å². The molecule has 1 aliphatic heterocycles. The van der Waals surface area contributed by atoms with Gasteiger partial charge in [0.05, 0.1) is 0 Å². The first kappa shape index (κ1) is 30.1. The van der Waals surface area contributed by atoms with Crippen LogP contribution in [0.25, 0.3) is 0 Å². The molecule has 1 saturated carbocycles. The van der Waals surface area contributed by atoms with E-state index in [4.69, 9.17) is 9.73 Å². The predicted octanol–water partition coefficient (Wildman–Crippen LogP) is 4.75. The van der Waals surface area contributed by atoms with Crippen molar-refractivity contribution in [3.63, 3.8) is 0 Å². The van der Waals surface area contributed by atoms with Crippen molar-refractivity contribution in [1.82, 2.24) is 14.7 Å². The van der Waals surface area contributed by atoms with Gasteiger partial charge in [0, 0.05) is 63.5 Å². The maximum absolute atomic E-state index is 11.5. The number of Topliss-reactive ketones (excluding diaryl/α,β-unsaturated/α-hetero) is 1. The largest absolute Gasteiger partial charge is 0.487 e. The summed E-state index contributed by atoms with van der Waals surface area (Å²) in [6.45, 7) is 12.5. The van der Waals surface area contributed by atoms with Crippen molar-refractivity contribution in [3.05, 3.63) is 42.1 Å². The van der Waals surface area contributed by atoms with Crippen molar-refractivity contribution < 1.29 is 9.53 Å². The molecule has 0 bridgehead atoms. The van der Waals surface area contributed by atoms with E-state index in [2.05, 4.69) is 52.7 Å². The van der Waals surface area contributed by atoms with Crippen LogP contribution in [0.2, 0.25) is 0 Å². The molecule has 3 rings (SSSR count). The Labute approximate surface area is 224 Å². The van der Waals surface area contributed by atoms with Gasteiger partial charge in [-0.1, -0.05) is 13.0 Å². The maximum Gasteiger partial charge on any atom is 0.159 e. The van der Waals surface area contributed by atoms with Crippen molar-refractivity contribution in [2.75, 3.05) is 53.4 Å². The third-order valence-corrected chi connectivity index (χ3v) is 6.87. The second kappa shape index (κ2) is 16.6.